The van der Waals surface area contributed by atoms with Crippen LogP contribution in [0.2, 0.25) is 0 Å². The lowest BCUT2D eigenvalue weighted by atomic mass is 10.2. The second kappa shape index (κ2) is 6.49. The molecule has 0 saturated carbocycles. The number of furan rings is 1. The van der Waals surface area contributed by atoms with Crippen LogP contribution in [0.25, 0.3) is 0 Å². The second-order valence-electron chi connectivity index (χ2n) is 4.05. The number of carbonyl (C=O) groups excluding carboxylic acids is 1. The van der Waals surface area contributed by atoms with Gasteiger partial charge in [0.1, 0.15) is 6.26 Å². The molecular weight excluding hydrogens is 254 g/mol. The molecule has 1 atom stereocenters. The average molecular weight is 271 g/mol. The van der Waals surface area contributed by atoms with Gasteiger partial charge in [0.25, 0.3) is 5.91 Å². The average Bonchev–Trinajstić information content (AvgIpc) is 2.83. The maximum atomic E-state index is 12.0. The molecule has 5 nitrogen and oxygen atoms in total. The van der Waals surface area contributed by atoms with Crippen LogP contribution in [0, 0.1) is 0 Å². The normalized spacial score (nSPS) is 12.2. The monoisotopic (exact) mass is 271 g/mol. The summed E-state index contributed by atoms with van der Waals surface area (Å²) in [5, 5.41) is 8.76. The molecule has 0 aliphatic heterocycles. The number of aromatic carboxylic acids is 1. The van der Waals surface area contributed by atoms with E-state index in [0.29, 0.717) is 0 Å². The lowest BCUT2D eigenvalue weighted by Gasteiger charge is -2.23. The quantitative estimate of drug-likeness (QED) is 0.858. The van der Waals surface area contributed by atoms with Gasteiger partial charge >= 0.3 is 5.97 Å². The molecule has 0 aromatic carbocycles. The van der Waals surface area contributed by atoms with Crippen LogP contribution in [0.5, 0.6) is 0 Å². The number of hydrogen-bond acceptors (Lipinski definition) is 4. The highest BCUT2D eigenvalue weighted by Gasteiger charge is 2.21. The van der Waals surface area contributed by atoms with E-state index in [1.807, 2.05) is 13.2 Å². The first-order chi connectivity index (χ1) is 8.47. The Kier molecular flexibility index (Phi) is 5.27. The molecule has 1 aromatic rings. The first-order valence-corrected chi connectivity index (χ1v) is 6.94. The maximum absolute atomic E-state index is 12.0. The van der Waals surface area contributed by atoms with Crippen LogP contribution in [-0.2, 0) is 0 Å². The Morgan fingerprint density at radius 3 is 2.72 bits per heavy atom. The van der Waals surface area contributed by atoms with Crippen LogP contribution >= 0.6 is 11.8 Å². The molecule has 1 heterocycles. The highest BCUT2D eigenvalue weighted by atomic mass is 32.2. The molecule has 0 bridgehead atoms. The third kappa shape index (κ3) is 3.53. The van der Waals surface area contributed by atoms with Crippen molar-refractivity contribution in [2.75, 3.05) is 19.1 Å². The highest BCUT2D eigenvalue weighted by molar-refractivity contribution is 7.98. The summed E-state index contributed by atoms with van der Waals surface area (Å²) in [5.41, 5.74) is -0.0106. The van der Waals surface area contributed by atoms with E-state index < -0.39 is 5.97 Å². The van der Waals surface area contributed by atoms with E-state index in [2.05, 4.69) is 0 Å². The number of carbonyl (C=O) groups is 2. The number of carboxylic acid groups (broad SMARTS) is 1. The zero-order valence-corrected chi connectivity index (χ0v) is 11.5. The predicted molar refractivity (Wildman–Crippen MR) is 70.2 cm³/mol. The largest absolute Gasteiger partial charge is 0.478 e. The summed E-state index contributed by atoms with van der Waals surface area (Å²) in [4.78, 5) is 24.3. The minimum absolute atomic E-state index is 0.0106. The van der Waals surface area contributed by atoms with E-state index >= 15 is 0 Å². The van der Waals surface area contributed by atoms with E-state index in [9.17, 15) is 9.59 Å². The van der Waals surface area contributed by atoms with Crippen LogP contribution in [0.4, 0.5) is 0 Å². The van der Waals surface area contributed by atoms with Gasteiger partial charge in [0.15, 0.2) is 5.76 Å². The number of amides is 1. The molecule has 0 saturated heterocycles. The number of thioether (sulfide) groups is 1. The van der Waals surface area contributed by atoms with Crippen LogP contribution in [0.3, 0.4) is 0 Å². The number of carboxylic acids is 1. The summed E-state index contributed by atoms with van der Waals surface area (Å²) in [7, 11) is 1.69. The van der Waals surface area contributed by atoms with Crippen LogP contribution in [0.1, 0.15) is 34.3 Å². The summed E-state index contributed by atoms with van der Waals surface area (Å²) < 4.78 is 4.99. The van der Waals surface area contributed by atoms with Crippen LogP contribution in [-0.4, -0.2) is 47.0 Å². The SMILES string of the molecule is CSCCC(C)N(C)C(=O)c1cc(C(=O)O)co1. The van der Waals surface area contributed by atoms with E-state index in [-0.39, 0.29) is 23.3 Å². The summed E-state index contributed by atoms with van der Waals surface area (Å²) >= 11 is 1.72. The zero-order valence-electron chi connectivity index (χ0n) is 10.7. The van der Waals surface area contributed by atoms with E-state index in [0.717, 1.165) is 18.4 Å². The number of rotatable bonds is 6. The first-order valence-electron chi connectivity index (χ1n) is 5.55. The smallest absolute Gasteiger partial charge is 0.338 e. The molecule has 0 aliphatic carbocycles. The molecule has 1 aromatic heterocycles. The predicted octanol–water partition coefficient (Wildman–Crippen LogP) is 2.19. The van der Waals surface area contributed by atoms with Gasteiger partial charge in [-0.1, -0.05) is 0 Å². The van der Waals surface area contributed by atoms with Crippen molar-refractivity contribution in [2.24, 2.45) is 0 Å². The molecule has 100 valence electrons. The Balaban J connectivity index is 2.70. The second-order valence-corrected chi connectivity index (χ2v) is 5.04. The van der Waals surface area contributed by atoms with Gasteiger partial charge in [-0.25, -0.2) is 4.79 Å². The minimum Gasteiger partial charge on any atom is -0.478 e. The van der Waals surface area contributed by atoms with E-state index in [1.165, 1.54) is 6.07 Å². The molecule has 1 amide bonds. The third-order valence-corrected chi connectivity index (χ3v) is 3.42. The van der Waals surface area contributed by atoms with Crippen molar-refractivity contribution in [1.82, 2.24) is 4.90 Å². The van der Waals surface area contributed by atoms with Gasteiger partial charge in [0.2, 0.25) is 0 Å². The summed E-state index contributed by atoms with van der Waals surface area (Å²) in [6, 6.07) is 1.34. The van der Waals surface area contributed by atoms with Crippen molar-refractivity contribution >= 4 is 23.6 Å². The van der Waals surface area contributed by atoms with Gasteiger partial charge in [-0.3, -0.25) is 4.79 Å². The van der Waals surface area contributed by atoms with Crippen LogP contribution in [0.15, 0.2) is 16.7 Å². The lowest BCUT2D eigenvalue weighted by Crippen LogP contribution is -2.35. The summed E-state index contributed by atoms with van der Waals surface area (Å²) in [5.74, 6) is -0.366. The zero-order chi connectivity index (χ0) is 13.7. The van der Waals surface area contributed by atoms with Crippen LogP contribution < -0.4 is 0 Å². The molecule has 6 heteroatoms. The van der Waals surface area contributed by atoms with Gasteiger partial charge < -0.3 is 14.4 Å². The standard InChI is InChI=1S/C12H17NO4S/c1-8(4-5-18-3)13(2)11(14)10-6-9(7-17-10)12(15)16/h6-8H,4-5H2,1-3H3,(H,15,16). The van der Waals surface area contributed by atoms with Gasteiger partial charge in [0.05, 0.1) is 5.56 Å². The Labute approximate surface area is 110 Å². The molecule has 1 N–H and O–H groups in total. The van der Waals surface area contributed by atoms with Gasteiger partial charge in [-0.2, -0.15) is 11.8 Å². The van der Waals surface area contributed by atoms with Crippen molar-refractivity contribution in [2.45, 2.75) is 19.4 Å². The fourth-order valence-corrected chi connectivity index (χ4v) is 1.99. The van der Waals surface area contributed by atoms with Crippen molar-refractivity contribution < 1.29 is 19.1 Å². The molecule has 0 aliphatic rings. The molecular formula is C12H17NO4S. The summed E-state index contributed by atoms with van der Waals surface area (Å²) in [6.07, 6.45) is 3.98. The number of hydrogen-bond donors (Lipinski definition) is 1. The Morgan fingerprint density at radius 2 is 2.22 bits per heavy atom. The Bertz CT molecular complexity index is 429. The van der Waals surface area contributed by atoms with E-state index in [1.54, 1.807) is 23.7 Å². The first kappa shape index (κ1) is 14.6. The molecule has 0 fully saturated rings. The van der Waals surface area contributed by atoms with Gasteiger partial charge in [-0.05, 0) is 25.4 Å². The maximum Gasteiger partial charge on any atom is 0.338 e. The minimum atomic E-state index is -1.10. The Hall–Kier alpha value is -1.43. The third-order valence-electron chi connectivity index (χ3n) is 2.78. The van der Waals surface area contributed by atoms with Crippen molar-refractivity contribution in [3.63, 3.8) is 0 Å². The Morgan fingerprint density at radius 1 is 1.56 bits per heavy atom. The van der Waals surface area contributed by atoms with Crippen molar-refractivity contribution in [3.05, 3.63) is 23.7 Å². The number of nitrogens with zero attached hydrogens (tertiary/aromatic N) is 1. The van der Waals surface area contributed by atoms with Crippen molar-refractivity contribution in [1.29, 1.82) is 0 Å². The highest BCUT2D eigenvalue weighted by Crippen LogP contribution is 2.13. The molecule has 0 spiro atoms. The summed E-state index contributed by atoms with van der Waals surface area (Å²) in [6.45, 7) is 1.95. The fraction of sp³-hybridized carbons (Fsp3) is 0.500. The lowest BCUT2D eigenvalue weighted by molar-refractivity contribution is 0.0691. The van der Waals surface area contributed by atoms with Crippen molar-refractivity contribution in [3.8, 4) is 0 Å². The topological polar surface area (TPSA) is 70.8 Å². The fourth-order valence-electron chi connectivity index (χ4n) is 1.42. The van der Waals surface area contributed by atoms with Gasteiger partial charge in [0, 0.05) is 19.2 Å². The molecule has 0 radical (unpaired) electrons. The molecule has 18 heavy (non-hydrogen) atoms. The van der Waals surface area contributed by atoms with Gasteiger partial charge in [-0.15, -0.1) is 0 Å². The van der Waals surface area contributed by atoms with E-state index in [4.69, 9.17) is 9.52 Å². The molecule has 1 rings (SSSR count). The molecule has 1 unspecified atom stereocenters.